The molecule has 2 N–H and O–H groups in total. The maximum atomic E-state index is 6.24. The molecule has 2 aliphatic heterocycles. The Labute approximate surface area is 123 Å². The van der Waals surface area contributed by atoms with Crippen molar-refractivity contribution in [2.24, 2.45) is 11.1 Å². The van der Waals surface area contributed by atoms with E-state index >= 15 is 0 Å². The highest BCUT2D eigenvalue weighted by molar-refractivity contribution is 7.99. The third-order valence-electron chi connectivity index (χ3n) is 4.85. The summed E-state index contributed by atoms with van der Waals surface area (Å²) in [5, 5.41) is 0. The highest BCUT2D eigenvalue weighted by Gasteiger charge is 2.45. The molecule has 2 atom stereocenters. The van der Waals surface area contributed by atoms with Gasteiger partial charge in [0.05, 0.1) is 0 Å². The molecule has 2 rings (SSSR count). The van der Waals surface area contributed by atoms with Crippen LogP contribution in [0.25, 0.3) is 0 Å². The summed E-state index contributed by atoms with van der Waals surface area (Å²) in [6.45, 7) is 8.04. The van der Waals surface area contributed by atoms with E-state index in [4.69, 9.17) is 5.73 Å². The summed E-state index contributed by atoms with van der Waals surface area (Å²) in [6.07, 6.45) is 3.90. The molecule has 0 aromatic rings. The fourth-order valence-corrected chi connectivity index (χ4v) is 5.32. The summed E-state index contributed by atoms with van der Waals surface area (Å²) in [6, 6.07) is 0.701. The first-order valence-electron chi connectivity index (χ1n) is 7.58. The number of piperidine rings is 1. The zero-order chi connectivity index (χ0) is 14.1. The molecule has 2 saturated heterocycles. The average molecular weight is 286 g/mol. The van der Waals surface area contributed by atoms with Gasteiger partial charge in [-0.3, -0.25) is 4.90 Å². The van der Waals surface area contributed by atoms with E-state index in [0.29, 0.717) is 11.5 Å². The molecule has 0 aromatic carbocycles. The van der Waals surface area contributed by atoms with E-state index in [-0.39, 0.29) is 5.54 Å². The van der Waals surface area contributed by atoms with Crippen molar-refractivity contribution in [1.82, 2.24) is 9.80 Å². The van der Waals surface area contributed by atoms with E-state index in [9.17, 15) is 0 Å². The number of rotatable bonds is 3. The van der Waals surface area contributed by atoms with Crippen molar-refractivity contribution in [3.63, 3.8) is 0 Å². The molecule has 4 heteroatoms. The molecular weight excluding hydrogens is 254 g/mol. The average Bonchev–Trinajstić information content (AvgIpc) is 2.37. The van der Waals surface area contributed by atoms with Gasteiger partial charge >= 0.3 is 0 Å². The van der Waals surface area contributed by atoms with Gasteiger partial charge in [-0.2, -0.15) is 11.8 Å². The molecule has 0 aromatic heterocycles. The van der Waals surface area contributed by atoms with Crippen LogP contribution >= 0.6 is 11.8 Å². The summed E-state index contributed by atoms with van der Waals surface area (Å²) in [4.78, 5) is 5.10. The van der Waals surface area contributed by atoms with E-state index in [0.717, 1.165) is 6.54 Å². The summed E-state index contributed by atoms with van der Waals surface area (Å²) in [5.74, 6) is 2.49. The Kier molecular flexibility index (Phi) is 4.87. The van der Waals surface area contributed by atoms with Crippen LogP contribution in [0.2, 0.25) is 0 Å². The smallest absolute Gasteiger partial charge is 0.0427 e. The molecule has 112 valence electrons. The second kappa shape index (κ2) is 5.92. The molecule has 2 aliphatic rings. The number of hydrogen-bond acceptors (Lipinski definition) is 4. The highest BCUT2D eigenvalue weighted by Crippen LogP contribution is 2.42. The molecular formula is C15H31N3S. The Morgan fingerprint density at radius 2 is 2.05 bits per heavy atom. The minimum Gasteiger partial charge on any atom is -0.329 e. The molecule has 0 aliphatic carbocycles. The van der Waals surface area contributed by atoms with Crippen molar-refractivity contribution in [1.29, 1.82) is 0 Å². The van der Waals surface area contributed by atoms with Gasteiger partial charge in [0.25, 0.3) is 0 Å². The van der Waals surface area contributed by atoms with Gasteiger partial charge in [0.1, 0.15) is 0 Å². The molecule has 0 saturated carbocycles. The predicted molar refractivity (Wildman–Crippen MR) is 85.8 cm³/mol. The second-order valence-electron chi connectivity index (χ2n) is 7.47. The lowest BCUT2D eigenvalue weighted by atomic mass is 9.78. The van der Waals surface area contributed by atoms with E-state index in [2.05, 4.69) is 49.5 Å². The van der Waals surface area contributed by atoms with Crippen LogP contribution in [-0.4, -0.2) is 66.6 Å². The van der Waals surface area contributed by atoms with Crippen molar-refractivity contribution in [3.8, 4) is 0 Å². The number of likely N-dealkylation sites (N-methyl/N-ethyl adjacent to an activating group) is 1. The van der Waals surface area contributed by atoms with Gasteiger partial charge in [-0.15, -0.1) is 0 Å². The van der Waals surface area contributed by atoms with Crippen LogP contribution in [-0.2, 0) is 0 Å². The summed E-state index contributed by atoms with van der Waals surface area (Å²) >= 11 is 2.10. The SMILES string of the molecule is CN(C)C1CCCN(C2(CN)CSCC(C)(C)C2)C1. The molecule has 2 fully saturated rings. The van der Waals surface area contributed by atoms with Crippen LogP contribution in [0.5, 0.6) is 0 Å². The standard InChI is InChI=1S/C15H31N3S/c1-14(2)9-15(10-16,12-19-11-14)18-7-5-6-13(8-18)17(3)4/h13H,5-12,16H2,1-4H3. The van der Waals surface area contributed by atoms with Gasteiger partial charge in [0.2, 0.25) is 0 Å². The van der Waals surface area contributed by atoms with Crippen LogP contribution in [0.3, 0.4) is 0 Å². The minimum absolute atomic E-state index is 0.237. The Balaban J connectivity index is 2.12. The lowest BCUT2D eigenvalue weighted by Gasteiger charge is -2.53. The van der Waals surface area contributed by atoms with Gasteiger partial charge in [0.15, 0.2) is 0 Å². The molecule has 0 spiro atoms. The van der Waals surface area contributed by atoms with Crippen LogP contribution < -0.4 is 5.73 Å². The van der Waals surface area contributed by atoms with E-state index in [1.54, 1.807) is 0 Å². The van der Waals surface area contributed by atoms with Crippen molar-refractivity contribution in [3.05, 3.63) is 0 Å². The second-order valence-corrected chi connectivity index (χ2v) is 8.45. The molecule has 2 unspecified atom stereocenters. The molecule has 0 amide bonds. The van der Waals surface area contributed by atoms with E-state index < -0.39 is 0 Å². The molecule has 19 heavy (non-hydrogen) atoms. The topological polar surface area (TPSA) is 32.5 Å². The molecule has 3 nitrogen and oxygen atoms in total. The van der Waals surface area contributed by atoms with Crippen LogP contribution in [0.1, 0.15) is 33.1 Å². The zero-order valence-corrected chi connectivity index (χ0v) is 13.9. The Morgan fingerprint density at radius 1 is 1.32 bits per heavy atom. The van der Waals surface area contributed by atoms with Gasteiger partial charge in [-0.25, -0.2) is 0 Å². The Bertz CT molecular complexity index is 306. The van der Waals surface area contributed by atoms with E-state index in [1.165, 1.54) is 43.9 Å². The zero-order valence-electron chi connectivity index (χ0n) is 13.1. The van der Waals surface area contributed by atoms with Crippen LogP contribution in [0, 0.1) is 5.41 Å². The lowest BCUT2D eigenvalue weighted by molar-refractivity contribution is 0.0216. The maximum absolute atomic E-state index is 6.24. The van der Waals surface area contributed by atoms with Gasteiger partial charge in [0, 0.05) is 30.4 Å². The number of likely N-dealkylation sites (tertiary alicyclic amines) is 1. The van der Waals surface area contributed by atoms with Crippen LogP contribution in [0.15, 0.2) is 0 Å². The largest absolute Gasteiger partial charge is 0.329 e. The first kappa shape index (κ1) is 15.6. The van der Waals surface area contributed by atoms with Gasteiger partial charge < -0.3 is 10.6 Å². The Hall–Kier alpha value is 0.230. The quantitative estimate of drug-likeness (QED) is 0.858. The van der Waals surface area contributed by atoms with Crippen molar-refractivity contribution in [2.45, 2.75) is 44.7 Å². The summed E-state index contributed by atoms with van der Waals surface area (Å²) in [5.41, 5.74) is 6.90. The van der Waals surface area contributed by atoms with Crippen molar-refractivity contribution < 1.29 is 0 Å². The lowest BCUT2D eigenvalue weighted by Crippen LogP contribution is -2.63. The maximum Gasteiger partial charge on any atom is 0.0427 e. The fraction of sp³-hybridized carbons (Fsp3) is 1.00. The fourth-order valence-electron chi connectivity index (χ4n) is 3.78. The number of hydrogen-bond donors (Lipinski definition) is 1. The summed E-state index contributed by atoms with van der Waals surface area (Å²) in [7, 11) is 4.42. The highest BCUT2D eigenvalue weighted by atomic mass is 32.2. The van der Waals surface area contributed by atoms with Gasteiger partial charge in [-0.05, 0) is 51.1 Å². The van der Waals surface area contributed by atoms with Crippen LogP contribution in [0.4, 0.5) is 0 Å². The van der Waals surface area contributed by atoms with Crippen molar-refractivity contribution >= 4 is 11.8 Å². The van der Waals surface area contributed by atoms with Crippen molar-refractivity contribution in [2.75, 3.05) is 45.2 Å². The number of thioether (sulfide) groups is 1. The Morgan fingerprint density at radius 3 is 2.63 bits per heavy atom. The molecule has 2 heterocycles. The normalized spacial score (nSPS) is 36.6. The monoisotopic (exact) mass is 285 g/mol. The first-order valence-corrected chi connectivity index (χ1v) is 8.73. The third kappa shape index (κ3) is 3.46. The first-order chi connectivity index (χ1) is 8.88. The minimum atomic E-state index is 0.237. The number of nitrogens with two attached hydrogens (primary N) is 1. The number of nitrogens with zero attached hydrogens (tertiary/aromatic N) is 2. The van der Waals surface area contributed by atoms with E-state index in [1.807, 2.05) is 0 Å². The van der Waals surface area contributed by atoms with Gasteiger partial charge in [-0.1, -0.05) is 13.8 Å². The predicted octanol–water partition coefficient (Wildman–Crippen LogP) is 1.87. The summed E-state index contributed by atoms with van der Waals surface area (Å²) < 4.78 is 0. The molecule has 0 bridgehead atoms. The molecule has 0 radical (unpaired) electrons. The third-order valence-corrected chi connectivity index (χ3v) is 6.58.